The van der Waals surface area contributed by atoms with Crippen LogP contribution in [-0.2, 0) is 14.3 Å². The number of carboxylic acid groups (broad SMARTS) is 2. The first-order chi connectivity index (χ1) is 20.2. The lowest BCUT2D eigenvalue weighted by atomic mass is 10.1. The number of carboxylic acids is 2. The Morgan fingerprint density at radius 1 is 1.07 bits per heavy atom. The molecule has 2 aliphatic rings. The first kappa shape index (κ1) is 29.6. The number of halogens is 3. The van der Waals surface area contributed by atoms with Crippen molar-refractivity contribution >= 4 is 61.2 Å². The second-order valence-electron chi connectivity index (χ2n) is 9.87. The van der Waals surface area contributed by atoms with E-state index in [-0.39, 0.29) is 0 Å². The fourth-order valence-electron chi connectivity index (χ4n) is 4.83. The van der Waals surface area contributed by atoms with Crippen molar-refractivity contribution in [1.82, 2.24) is 19.7 Å². The molecule has 222 valence electrons. The summed E-state index contributed by atoms with van der Waals surface area (Å²) in [6, 6.07) is 8.23. The number of nitrogens with zero attached hydrogens (tertiary/aromatic N) is 4. The van der Waals surface area contributed by atoms with Gasteiger partial charge in [-0.2, -0.15) is 5.10 Å². The lowest BCUT2D eigenvalue weighted by Crippen LogP contribution is -2.37. The highest BCUT2D eigenvalue weighted by molar-refractivity contribution is 9.10. The van der Waals surface area contributed by atoms with Crippen molar-refractivity contribution in [3.05, 3.63) is 52.6 Å². The van der Waals surface area contributed by atoms with Crippen LogP contribution in [0.2, 0.25) is 0 Å². The van der Waals surface area contributed by atoms with Crippen molar-refractivity contribution in [1.29, 1.82) is 0 Å². The maximum Gasteiger partial charge on any atom is 0.414 e. The second kappa shape index (κ2) is 13.0. The summed E-state index contributed by atoms with van der Waals surface area (Å²) in [5, 5.41) is 28.3. The van der Waals surface area contributed by atoms with Gasteiger partial charge in [0.1, 0.15) is 5.75 Å². The van der Waals surface area contributed by atoms with Crippen LogP contribution in [0.4, 0.5) is 20.3 Å². The number of benzene rings is 2. The molecule has 1 saturated carbocycles. The predicted molar refractivity (Wildman–Crippen MR) is 153 cm³/mol. The van der Waals surface area contributed by atoms with Crippen LogP contribution in [-0.4, -0.2) is 81.3 Å². The summed E-state index contributed by atoms with van der Waals surface area (Å²) in [7, 11) is 0. The first-order valence-corrected chi connectivity index (χ1v) is 14.1. The summed E-state index contributed by atoms with van der Waals surface area (Å²) in [4.78, 5) is 20.6. The van der Waals surface area contributed by atoms with Crippen molar-refractivity contribution < 1.29 is 38.1 Å². The molecule has 0 spiro atoms. The number of aliphatic carboxylic acids is 2. The van der Waals surface area contributed by atoms with E-state index in [4.69, 9.17) is 29.3 Å². The molecule has 2 aromatic carbocycles. The highest BCUT2D eigenvalue weighted by atomic mass is 79.9. The van der Waals surface area contributed by atoms with Crippen LogP contribution >= 0.6 is 15.9 Å². The molecule has 0 bridgehead atoms. The van der Waals surface area contributed by atoms with Gasteiger partial charge in [0, 0.05) is 42.8 Å². The Labute approximate surface area is 247 Å². The molecule has 11 nitrogen and oxygen atoms in total. The van der Waals surface area contributed by atoms with E-state index in [0.717, 1.165) is 96.3 Å². The van der Waals surface area contributed by atoms with E-state index in [1.54, 1.807) is 6.20 Å². The number of hydrogen-bond acceptors (Lipinski definition) is 8. The van der Waals surface area contributed by atoms with E-state index in [9.17, 15) is 8.78 Å². The SMILES string of the molecule is Fc1ccc(Nc2nncc3c2c2cc(OCCCN4CCOCC4)c(Br)cc2n3C2CC2)cc1F.O=C(O)C(=O)O. The zero-order chi connectivity index (χ0) is 29.8. The molecular formula is C28H28BrF2N5O6. The number of anilines is 2. The highest BCUT2D eigenvalue weighted by Gasteiger charge is 2.29. The molecule has 2 fully saturated rings. The van der Waals surface area contributed by atoms with E-state index in [2.05, 4.69) is 47.0 Å². The zero-order valence-electron chi connectivity index (χ0n) is 22.4. The molecule has 42 heavy (non-hydrogen) atoms. The Kier molecular flexibility index (Phi) is 9.14. The minimum Gasteiger partial charge on any atom is -0.492 e. The van der Waals surface area contributed by atoms with Gasteiger partial charge in [-0.05, 0) is 59.5 Å². The number of nitrogens with one attached hydrogen (secondary N) is 1. The second-order valence-corrected chi connectivity index (χ2v) is 10.7. The maximum absolute atomic E-state index is 13.8. The number of carbonyl (C=O) groups is 2. The summed E-state index contributed by atoms with van der Waals surface area (Å²) in [6.07, 6.45) is 4.89. The van der Waals surface area contributed by atoms with Crippen molar-refractivity contribution in [2.45, 2.75) is 25.3 Å². The number of morpholine rings is 1. The number of aromatic nitrogens is 3. The molecule has 6 rings (SSSR count). The standard InChI is InChI=1S/C26H26BrF2N5O2.C2H2O4/c27-19-14-22-18(13-24(19)36-9-1-6-33-7-10-35-11-8-33)25-23(34(22)17-3-4-17)15-30-32-26(25)31-16-2-5-20(28)21(29)12-16;3-1(4)2(5)6/h2,5,12-15,17H,1,3-4,6-11H2,(H,31,32);(H,3,4)(H,5,6). The Hall–Kier alpha value is -3.88. The highest BCUT2D eigenvalue weighted by Crippen LogP contribution is 2.46. The van der Waals surface area contributed by atoms with Crippen molar-refractivity contribution in [3.8, 4) is 5.75 Å². The van der Waals surface area contributed by atoms with E-state index in [0.29, 0.717) is 24.2 Å². The summed E-state index contributed by atoms with van der Waals surface area (Å²) in [5.41, 5.74) is 2.41. The van der Waals surface area contributed by atoms with Crippen LogP contribution in [0.1, 0.15) is 25.3 Å². The van der Waals surface area contributed by atoms with Gasteiger partial charge in [0.05, 0.1) is 46.9 Å². The number of fused-ring (bicyclic) bond motifs is 3. The Morgan fingerprint density at radius 3 is 2.48 bits per heavy atom. The molecule has 2 aromatic heterocycles. The number of rotatable bonds is 8. The van der Waals surface area contributed by atoms with E-state index >= 15 is 0 Å². The Balaban J connectivity index is 0.000000535. The third kappa shape index (κ3) is 6.77. The van der Waals surface area contributed by atoms with Crippen LogP contribution < -0.4 is 10.1 Å². The van der Waals surface area contributed by atoms with Crippen LogP contribution in [0, 0.1) is 11.6 Å². The molecule has 3 heterocycles. The molecule has 1 aliphatic heterocycles. The normalized spacial score (nSPS) is 15.3. The fourth-order valence-corrected chi connectivity index (χ4v) is 5.27. The van der Waals surface area contributed by atoms with Gasteiger partial charge in [-0.15, -0.1) is 5.10 Å². The van der Waals surface area contributed by atoms with Crippen molar-refractivity contribution in [3.63, 3.8) is 0 Å². The van der Waals surface area contributed by atoms with Gasteiger partial charge in [-0.1, -0.05) is 0 Å². The van der Waals surface area contributed by atoms with Crippen LogP contribution in [0.25, 0.3) is 21.8 Å². The van der Waals surface area contributed by atoms with Gasteiger partial charge >= 0.3 is 11.9 Å². The van der Waals surface area contributed by atoms with Gasteiger partial charge in [0.2, 0.25) is 0 Å². The molecule has 1 aliphatic carbocycles. The average molecular weight is 648 g/mol. The van der Waals surface area contributed by atoms with E-state index in [1.165, 1.54) is 6.07 Å². The summed E-state index contributed by atoms with van der Waals surface area (Å²) in [6.45, 7) is 5.08. The number of ether oxygens (including phenoxy) is 2. The molecule has 0 unspecified atom stereocenters. The molecule has 3 N–H and O–H groups in total. The maximum atomic E-state index is 13.8. The predicted octanol–water partition coefficient (Wildman–Crippen LogP) is 4.96. The summed E-state index contributed by atoms with van der Waals surface area (Å²) >= 11 is 3.70. The average Bonchev–Trinajstić information content (AvgIpc) is 3.76. The molecule has 14 heteroatoms. The van der Waals surface area contributed by atoms with E-state index < -0.39 is 23.6 Å². The number of hydrogen-bond donors (Lipinski definition) is 3. The smallest absolute Gasteiger partial charge is 0.414 e. The topological polar surface area (TPSA) is 139 Å². The lowest BCUT2D eigenvalue weighted by molar-refractivity contribution is -0.159. The molecule has 0 radical (unpaired) electrons. The van der Waals surface area contributed by atoms with Gasteiger partial charge in [0.15, 0.2) is 17.5 Å². The fraction of sp³-hybridized carbons (Fsp3) is 0.357. The summed E-state index contributed by atoms with van der Waals surface area (Å²) in [5.74, 6) is -4.21. The minimum atomic E-state index is -1.82. The van der Waals surface area contributed by atoms with Gasteiger partial charge < -0.3 is 29.6 Å². The van der Waals surface area contributed by atoms with Crippen LogP contribution in [0.15, 0.2) is 41.0 Å². The molecular weight excluding hydrogens is 620 g/mol. The Bertz CT molecular complexity index is 1610. The quantitative estimate of drug-likeness (QED) is 0.178. The lowest BCUT2D eigenvalue weighted by Gasteiger charge is -2.26. The third-order valence-corrected chi connectivity index (χ3v) is 7.55. The third-order valence-electron chi connectivity index (χ3n) is 6.93. The van der Waals surface area contributed by atoms with Gasteiger partial charge in [0.25, 0.3) is 0 Å². The minimum absolute atomic E-state index is 0.400. The van der Waals surface area contributed by atoms with E-state index in [1.807, 2.05) is 6.07 Å². The van der Waals surface area contributed by atoms with Crippen LogP contribution in [0.3, 0.4) is 0 Å². The molecule has 0 atom stereocenters. The largest absolute Gasteiger partial charge is 0.492 e. The van der Waals surface area contributed by atoms with Crippen molar-refractivity contribution in [2.24, 2.45) is 0 Å². The Morgan fingerprint density at radius 2 is 1.81 bits per heavy atom. The molecule has 4 aromatic rings. The van der Waals surface area contributed by atoms with Gasteiger partial charge in [-0.3, -0.25) is 4.90 Å². The monoisotopic (exact) mass is 647 g/mol. The van der Waals surface area contributed by atoms with Gasteiger partial charge in [-0.25, -0.2) is 18.4 Å². The van der Waals surface area contributed by atoms with Crippen molar-refractivity contribution in [2.75, 3.05) is 44.8 Å². The van der Waals surface area contributed by atoms with Crippen LogP contribution in [0.5, 0.6) is 5.75 Å². The molecule has 0 amide bonds. The molecule has 1 saturated heterocycles. The first-order valence-electron chi connectivity index (χ1n) is 13.3. The zero-order valence-corrected chi connectivity index (χ0v) is 23.9. The summed E-state index contributed by atoms with van der Waals surface area (Å²) < 4.78 is 42.1.